The highest BCUT2D eigenvalue weighted by molar-refractivity contribution is 7.43. The second kappa shape index (κ2) is 18.7. The van der Waals surface area contributed by atoms with Gasteiger partial charge in [0.1, 0.15) is 18.4 Å². The number of anilines is 3. The maximum absolute atomic E-state index is 12.4. The Morgan fingerprint density at radius 1 is 1.19 bits per heavy atom. The number of carbonyl (C=O) groups is 3. The monoisotopic (exact) mass is 815 g/mol. The molecular weight excluding hydrogens is 777 g/mol. The van der Waals surface area contributed by atoms with E-state index in [4.69, 9.17) is 27.0 Å². The first kappa shape index (κ1) is 43.6. The number of aliphatic carboxylic acids is 2. The zero-order valence-electron chi connectivity index (χ0n) is 30.0. The number of nitrogens with zero attached hydrogens (tertiary/aromatic N) is 6. The lowest BCUT2D eigenvalue weighted by molar-refractivity contribution is -0.343. The summed E-state index contributed by atoms with van der Waals surface area (Å²) in [5, 5.41) is 30.1. The van der Waals surface area contributed by atoms with Crippen LogP contribution >= 0.6 is 7.82 Å². The molecule has 1 unspecified atom stereocenters. The molecule has 0 aliphatic carbocycles. The molecule has 1 fully saturated rings. The molecule has 4 heterocycles. The standard InChI is InChI=1S/C20H22N8O5.C12H18N3O8P/c1-28(9-11-8-23-17-15(24-11)16(21)26-20(22)27-17)12-4-2-10(3-5-12)18(31)25-13(19(32)33)6-7-14(29)30;1-2-7(13)6-4-15(12(18)14-11(6)17)10-3-8(16)9(23-10)5-22-24(19,20)21/h2-5,8,13H,6-7,9H2,1H3,(H,25,31)(H,29,30)(H,32,33)(H4,21,22,23,26,27);2,4,7-10,16H,1,3,5,13H2,(H,14,17,18)(H2,19,20,21)/p-2/t13-;7?,8-,9+,10+/m00/s1. The largest absolute Gasteiger partial charge is 0.790 e. The number of H-pyrrole nitrogens is 1. The van der Waals surface area contributed by atoms with Gasteiger partial charge in [0.05, 0.1) is 50.6 Å². The molecule has 4 aromatic rings. The molecule has 0 bridgehead atoms. The number of hydrogen-bond acceptors (Lipinski definition) is 19. The number of hydrogen-bond donors (Lipinski definition) is 8. The molecule has 306 valence electrons. The first-order chi connectivity index (χ1) is 26.8. The van der Waals surface area contributed by atoms with Gasteiger partial charge in [-0.3, -0.25) is 23.9 Å². The maximum atomic E-state index is 12.4. The first-order valence-corrected chi connectivity index (χ1v) is 18.1. The van der Waals surface area contributed by atoms with Gasteiger partial charge in [0.15, 0.2) is 17.0 Å². The zero-order chi connectivity index (χ0) is 42.2. The maximum Gasteiger partial charge on any atom is 0.330 e. The molecule has 11 N–H and O–H groups in total. The number of phosphoric ester groups is 1. The molecule has 5 atom stereocenters. The van der Waals surface area contributed by atoms with Gasteiger partial charge in [0, 0.05) is 37.3 Å². The van der Waals surface area contributed by atoms with Gasteiger partial charge < -0.3 is 66.3 Å². The van der Waals surface area contributed by atoms with Crippen molar-refractivity contribution >= 4 is 54.3 Å². The number of aliphatic hydroxyl groups is 1. The molecule has 0 saturated carbocycles. The second-order valence-electron chi connectivity index (χ2n) is 12.4. The molecule has 0 radical (unpaired) electrons. The van der Waals surface area contributed by atoms with Crippen LogP contribution < -0.4 is 48.5 Å². The molecule has 0 spiro atoms. The van der Waals surface area contributed by atoms with Crippen molar-refractivity contribution in [2.75, 3.05) is 30.0 Å². The van der Waals surface area contributed by atoms with Gasteiger partial charge in [0.25, 0.3) is 11.5 Å². The van der Waals surface area contributed by atoms with Gasteiger partial charge in [-0.1, -0.05) is 6.08 Å². The highest BCUT2D eigenvalue weighted by Gasteiger charge is 2.36. The molecule has 25 heteroatoms. The van der Waals surface area contributed by atoms with Crippen molar-refractivity contribution < 1.29 is 53.3 Å². The van der Waals surface area contributed by atoms with E-state index < -0.39 is 74.0 Å². The van der Waals surface area contributed by atoms with Crippen LogP contribution in [0, 0.1) is 0 Å². The number of nitrogens with one attached hydrogen (secondary N) is 2. The summed E-state index contributed by atoms with van der Waals surface area (Å²) in [6, 6.07) is 4.34. The van der Waals surface area contributed by atoms with E-state index >= 15 is 0 Å². The minimum absolute atomic E-state index is 0.0138. The fraction of sp³-hybridized carbons (Fsp3) is 0.344. The molecule has 1 aliphatic heterocycles. The predicted molar refractivity (Wildman–Crippen MR) is 195 cm³/mol. The minimum Gasteiger partial charge on any atom is -0.790 e. The van der Waals surface area contributed by atoms with Gasteiger partial charge in [0.2, 0.25) is 5.95 Å². The van der Waals surface area contributed by atoms with Crippen molar-refractivity contribution in [2.24, 2.45) is 5.73 Å². The Balaban J connectivity index is 0.000000266. The van der Waals surface area contributed by atoms with E-state index in [0.717, 1.165) is 10.3 Å². The minimum atomic E-state index is -5.21. The fourth-order valence-electron chi connectivity index (χ4n) is 5.31. The van der Waals surface area contributed by atoms with Crippen LogP contribution in [-0.4, -0.2) is 94.6 Å². The van der Waals surface area contributed by atoms with Crippen molar-refractivity contribution in [1.82, 2.24) is 34.8 Å². The van der Waals surface area contributed by atoms with Gasteiger partial charge in [-0.15, -0.1) is 6.58 Å². The summed E-state index contributed by atoms with van der Waals surface area (Å²) in [7, 11) is -3.40. The van der Waals surface area contributed by atoms with Gasteiger partial charge in [-0.2, -0.15) is 9.97 Å². The van der Waals surface area contributed by atoms with Crippen LogP contribution in [0.15, 0.2) is 58.9 Å². The smallest absolute Gasteiger partial charge is 0.330 e. The van der Waals surface area contributed by atoms with Crippen molar-refractivity contribution in [3.05, 3.63) is 87.0 Å². The number of aromatic nitrogens is 6. The number of aliphatic hydroxyl groups excluding tert-OH is 1. The normalized spacial score (nSPS) is 17.5. The average molecular weight is 816 g/mol. The van der Waals surface area contributed by atoms with Crippen LogP contribution in [0.5, 0.6) is 0 Å². The van der Waals surface area contributed by atoms with Crippen LogP contribution in [0.1, 0.15) is 53.1 Å². The van der Waals surface area contributed by atoms with Crippen LogP contribution in [0.3, 0.4) is 0 Å². The van der Waals surface area contributed by atoms with Crippen LogP contribution in [0.25, 0.3) is 11.2 Å². The van der Waals surface area contributed by atoms with Crippen molar-refractivity contribution in [3.63, 3.8) is 0 Å². The van der Waals surface area contributed by atoms with E-state index in [1.54, 1.807) is 18.3 Å². The van der Waals surface area contributed by atoms with Crippen molar-refractivity contribution in [1.29, 1.82) is 0 Å². The Labute approximate surface area is 321 Å². The van der Waals surface area contributed by atoms with Gasteiger partial charge in [-0.25, -0.2) is 19.6 Å². The van der Waals surface area contributed by atoms with Crippen LogP contribution in [0.4, 0.5) is 17.5 Å². The first-order valence-electron chi connectivity index (χ1n) is 16.6. The molecule has 3 aromatic heterocycles. The predicted octanol–water partition coefficient (Wildman–Crippen LogP) is -2.52. The Morgan fingerprint density at radius 2 is 1.88 bits per heavy atom. The number of phosphoric acid groups is 1. The second-order valence-corrected chi connectivity index (χ2v) is 13.5. The average Bonchev–Trinajstić information content (AvgIpc) is 3.51. The number of benzene rings is 1. The number of nitrogens with two attached hydrogens (primary N) is 3. The van der Waals surface area contributed by atoms with E-state index in [1.165, 1.54) is 24.4 Å². The number of amides is 1. The molecule has 1 saturated heterocycles. The van der Waals surface area contributed by atoms with E-state index in [2.05, 4.69) is 41.3 Å². The summed E-state index contributed by atoms with van der Waals surface area (Å²) in [4.78, 5) is 99.4. The van der Waals surface area contributed by atoms with Crippen LogP contribution in [0.2, 0.25) is 0 Å². The Hall–Kier alpha value is -6.14. The fourth-order valence-corrected chi connectivity index (χ4v) is 5.64. The molecule has 24 nitrogen and oxygen atoms in total. The summed E-state index contributed by atoms with van der Waals surface area (Å²) in [6.07, 6.45) is 0.0850. The Morgan fingerprint density at radius 3 is 2.49 bits per heavy atom. The topological polar surface area (TPSA) is 393 Å². The van der Waals surface area contributed by atoms with Gasteiger partial charge in [-0.05, 0) is 30.7 Å². The summed E-state index contributed by atoms with van der Waals surface area (Å²) >= 11 is 0. The van der Waals surface area contributed by atoms with Crippen LogP contribution in [-0.2, 0) is 30.0 Å². The lowest BCUT2D eigenvalue weighted by atomic mass is 10.1. The number of fused-ring (bicyclic) bond motifs is 1. The molecule has 5 rings (SSSR count). The van der Waals surface area contributed by atoms with E-state index in [-0.39, 0.29) is 42.2 Å². The quantitative estimate of drug-likeness (QED) is 0.0453. The number of carboxylic acid groups (broad SMARTS) is 2. The van der Waals surface area contributed by atoms with Gasteiger partial charge >= 0.3 is 17.6 Å². The number of ether oxygens (including phenoxy) is 1. The lowest BCUT2D eigenvalue weighted by Gasteiger charge is -2.30. The highest BCUT2D eigenvalue weighted by Crippen LogP contribution is 2.32. The molecule has 1 aliphatic rings. The number of carbonyl (C=O) groups excluding carboxylic acids is 1. The lowest BCUT2D eigenvalue weighted by Crippen LogP contribution is -2.41. The third-order valence-electron chi connectivity index (χ3n) is 8.24. The summed E-state index contributed by atoms with van der Waals surface area (Å²) < 4.78 is 20.9. The SMILES string of the molecule is C=CC(N)c1cn([C@H]2C[C@H](O)[C@@H](COP(=O)([O-])[O-])O2)c(=O)[nH]c1=O.CN(Cc1cnc2nc(N)nc(N)c2n1)c1ccc(C(=O)N[C@@H](CCC(=O)O)C(=O)O)cc1. The number of aromatic amines is 1. The summed E-state index contributed by atoms with van der Waals surface area (Å²) in [6.45, 7) is 3.15. The zero-order valence-corrected chi connectivity index (χ0v) is 30.9. The third kappa shape index (κ3) is 11.9. The number of carboxylic acids is 2. The molecule has 1 aromatic carbocycles. The third-order valence-corrected chi connectivity index (χ3v) is 8.71. The number of rotatable bonds is 15. The van der Waals surface area contributed by atoms with E-state index in [0.29, 0.717) is 23.4 Å². The number of nitrogen functional groups attached to an aromatic ring is 2. The van der Waals surface area contributed by atoms with Crippen molar-refractivity contribution in [3.8, 4) is 0 Å². The van der Waals surface area contributed by atoms with E-state index in [1.807, 2.05) is 11.9 Å². The summed E-state index contributed by atoms with van der Waals surface area (Å²) in [5.74, 6) is -2.91. The summed E-state index contributed by atoms with van der Waals surface area (Å²) in [5.41, 5.74) is 17.9. The Bertz CT molecular complexity index is 2280. The Kier molecular flexibility index (Phi) is 14.3. The highest BCUT2D eigenvalue weighted by atomic mass is 31.2. The van der Waals surface area contributed by atoms with Crippen molar-refractivity contribution in [2.45, 2.75) is 56.3 Å². The molecule has 1 amide bonds. The molecular formula is C32H38N11O13P-2. The molecule has 57 heavy (non-hydrogen) atoms. The van der Waals surface area contributed by atoms with E-state index in [9.17, 15) is 48.5 Å².